The van der Waals surface area contributed by atoms with Gasteiger partial charge in [0.1, 0.15) is 0 Å². The van der Waals surface area contributed by atoms with Crippen molar-refractivity contribution in [3.63, 3.8) is 0 Å². The van der Waals surface area contributed by atoms with Crippen LogP contribution < -0.4 is 0 Å². The summed E-state index contributed by atoms with van der Waals surface area (Å²) in [6.45, 7) is 4.02. The van der Waals surface area contributed by atoms with Crippen molar-refractivity contribution in [3.8, 4) is 0 Å². The normalized spacial score (nSPS) is 19.6. The number of hydrogen-bond acceptors (Lipinski definition) is 3. The van der Waals surface area contributed by atoms with Crippen LogP contribution >= 0.6 is 0 Å². The Morgan fingerprint density at radius 1 is 0.893 bits per heavy atom. The van der Waals surface area contributed by atoms with E-state index in [1.54, 1.807) is 6.08 Å². The quantitative estimate of drug-likeness (QED) is 0.457. The van der Waals surface area contributed by atoms with Crippen molar-refractivity contribution in [2.75, 3.05) is 0 Å². The smallest absolute Gasteiger partial charge is 0.342 e. The fourth-order valence-corrected chi connectivity index (χ4v) is 3.72. The van der Waals surface area contributed by atoms with Crippen LogP contribution in [0.1, 0.15) is 22.6 Å². The maximum absolute atomic E-state index is 13.3. The van der Waals surface area contributed by atoms with Gasteiger partial charge in [0.15, 0.2) is 5.54 Å². The average Bonchev–Trinajstić information content (AvgIpc) is 3.07. The number of carbonyl (C=O) groups excluding carboxylic acids is 1. The fourth-order valence-electron chi connectivity index (χ4n) is 3.72. The molecule has 1 aliphatic heterocycles. The number of esters is 1. The van der Waals surface area contributed by atoms with Gasteiger partial charge in [-0.1, -0.05) is 84.9 Å². The van der Waals surface area contributed by atoms with Crippen LogP contribution in [-0.2, 0) is 16.0 Å². The lowest BCUT2D eigenvalue weighted by Gasteiger charge is -2.30. The van der Waals surface area contributed by atoms with Crippen LogP contribution in [0.5, 0.6) is 0 Å². The number of nitrogens with zero attached hydrogens (tertiary/aromatic N) is 1. The van der Waals surface area contributed by atoms with Gasteiger partial charge in [0.05, 0.1) is 0 Å². The summed E-state index contributed by atoms with van der Waals surface area (Å²) in [6, 6.07) is 29.3. The lowest BCUT2D eigenvalue weighted by molar-refractivity contribution is -0.139. The number of benzene rings is 3. The minimum absolute atomic E-state index is 0.303. The zero-order chi connectivity index (χ0) is 19.4. The molecule has 0 saturated heterocycles. The number of aliphatic imine (C=N–C) groups is 1. The molecule has 0 radical (unpaired) electrons. The summed E-state index contributed by atoms with van der Waals surface area (Å²) >= 11 is 0. The third kappa shape index (κ3) is 3.27. The molecule has 138 valence electrons. The molecule has 0 aliphatic carbocycles. The topological polar surface area (TPSA) is 38.7 Å². The summed E-state index contributed by atoms with van der Waals surface area (Å²) < 4.78 is 5.70. The van der Waals surface area contributed by atoms with Gasteiger partial charge in [-0.2, -0.15) is 0 Å². The molecule has 0 spiro atoms. The van der Waals surface area contributed by atoms with Gasteiger partial charge in [-0.15, -0.1) is 6.58 Å². The summed E-state index contributed by atoms with van der Waals surface area (Å²) in [5.41, 5.74) is 1.72. The average molecular weight is 367 g/mol. The zero-order valence-electron chi connectivity index (χ0n) is 15.5. The number of rotatable bonds is 6. The van der Waals surface area contributed by atoms with Gasteiger partial charge in [0.25, 0.3) is 0 Å². The van der Waals surface area contributed by atoms with E-state index in [1.165, 1.54) is 0 Å². The summed E-state index contributed by atoms with van der Waals surface area (Å²) in [7, 11) is 0. The minimum Gasteiger partial charge on any atom is -0.405 e. The first-order chi connectivity index (χ1) is 13.7. The van der Waals surface area contributed by atoms with E-state index in [0.29, 0.717) is 12.3 Å². The van der Waals surface area contributed by atoms with Gasteiger partial charge < -0.3 is 4.74 Å². The third-order valence-corrected chi connectivity index (χ3v) is 5.09. The molecule has 3 nitrogen and oxygen atoms in total. The Kier molecular flexibility index (Phi) is 4.90. The third-order valence-electron chi connectivity index (χ3n) is 5.09. The molecular formula is C25H21NO2. The molecule has 0 N–H and O–H groups in total. The van der Waals surface area contributed by atoms with Crippen molar-refractivity contribution in [3.05, 3.63) is 120 Å². The Labute approximate surface area is 165 Å². The van der Waals surface area contributed by atoms with Crippen molar-refractivity contribution in [1.82, 2.24) is 0 Å². The van der Waals surface area contributed by atoms with Crippen LogP contribution in [0, 0.1) is 0 Å². The maximum Gasteiger partial charge on any atom is 0.342 e. The van der Waals surface area contributed by atoms with E-state index >= 15 is 0 Å². The highest BCUT2D eigenvalue weighted by Gasteiger charge is 2.51. The lowest BCUT2D eigenvalue weighted by atomic mass is 9.76. The van der Waals surface area contributed by atoms with Gasteiger partial charge in [-0.3, -0.25) is 0 Å². The van der Waals surface area contributed by atoms with Gasteiger partial charge in [0.2, 0.25) is 5.90 Å². The van der Waals surface area contributed by atoms with E-state index in [1.807, 2.05) is 91.0 Å². The number of carbonyl (C=O) groups is 1. The van der Waals surface area contributed by atoms with Crippen LogP contribution in [0.2, 0.25) is 0 Å². The molecule has 0 fully saturated rings. The summed E-state index contributed by atoms with van der Waals surface area (Å²) in [6.07, 6.45) is 2.24. The van der Waals surface area contributed by atoms with Crippen LogP contribution in [0.15, 0.2) is 109 Å². The highest BCUT2D eigenvalue weighted by molar-refractivity contribution is 6.08. The van der Waals surface area contributed by atoms with Crippen LogP contribution in [0.4, 0.5) is 0 Å². The molecule has 0 aromatic heterocycles. The summed E-state index contributed by atoms with van der Waals surface area (Å²) in [4.78, 5) is 18.2. The van der Waals surface area contributed by atoms with E-state index in [0.717, 1.165) is 16.7 Å². The first-order valence-corrected chi connectivity index (χ1v) is 9.32. The summed E-state index contributed by atoms with van der Waals surface area (Å²) in [5.74, 6) is -0.282. The molecule has 3 heteroatoms. The second-order valence-corrected chi connectivity index (χ2v) is 6.88. The predicted octanol–water partition coefficient (Wildman–Crippen LogP) is 4.94. The summed E-state index contributed by atoms with van der Waals surface area (Å²) in [5, 5.41) is 0. The molecule has 1 heterocycles. The van der Waals surface area contributed by atoms with E-state index in [4.69, 9.17) is 9.73 Å². The molecule has 0 amide bonds. The number of hydrogen-bond donors (Lipinski definition) is 0. The van der Waals surface area contributed by atoms with Crippen LogP contribution in [0.25, 0.3) is 0 Å². The van der Waals surface area contributed by atoms with E-state index in [9.17, 15) is 4.79 Å². The Morgan fingerprint density at radius 2 is 1.46 bits per heavy atom. The first kappa shape index (κ1) is 17.9. The van der Waals surface area contributed by atoms with Crippen molar-refractivity contribution in [2.24, 2.45) is 4.99 Å². The second kappa shape index (κ2) is 7.65. The van der Waals surface area contributed by atoms with Crippen molar-refractivity contribution in [2.45, 2.75) is 17.9 Å². The van der Waals surface area contributed by atoms with Gasteiger partial charge in [-0.05, 0) is 23.3 Å². The largest absolute Gasteiger partial charge is 0.405 e. The monoisotopic (exact) mass is 367 g/mol. The molecule has 0 saturated carbocycles. The lowest BCUT2D eigenvalue weighted by Crippen LogP contribution is -2.42. The fraction of sp³-hybridized carbons (Fsp3) is 0.120. The standard InChI is InChI=1S/C25H21NO2/c1-2-22(20-14-8-4-9-15-20)25(18-19-12-6-3-7-13-19)24(27)28-23(26-25)21-16-10-5-11-17-21/h2-17,22H,1,18H2/t22-,25+/m1/s1. The molecule has 3 aromatic rings. The van der Waals surface area contributed by atoms with E-state index in [2.05, 4.69) is 6.58 Å². The Bertz CT molecular complexity index is 996. The molecule has 28 heavy (non-hydrogen) atoms. The number of ether oxygens (including phenoxy) is 1. The molecule has 4 rings (SSSR count). The van der Waals surface area contributed by atoms with Crippen molar-refractivity contribution in [1.29, 1.82) is 0 Å². The minimum atomic E-state index is -1.09. The Balaban J connectivity index is 1.85. The van der Waals surface area contributed by atoms with Gasteiger partial charge in [-0.25, -0.2) is 9.79 Å². The van der Waals surface area contributed by atoms with Gasteiger partial charge in [0, 0.05) is 17.9 Å². The molecule has 0 unspecified atom stereocenters. The SMILES string of the molecule is C=C[C@H](c1ccccc1)[C@]1(Cc2ccccc2)N=C(c2ccccc2)OC1=O. The molecule has 3 aromatic carbocycles. The Morgan fingerprint density at radius 3 is 2.07 bits per heavy atom. The van der Waals surface area contributed by atoms with Crippen molar-refractivity contribution >= 4 is 11.9 Å². The molecular weight excluding hydrogens is 346 g/mol. The number of cyclic esters (lactones) is 1. The maximum atomic E-state index is 13.3. The van der Waals surface area contributed by atoms with E-state index < -0.39 is 5.54 Å². The molecule has 1 aliphatic rings. The molecule has 2 atom stereocenters. The van der Waals surface area contributed by atoms with Crippen molar-refractivity contribution < 1.29 is 9.53 Å². The van der Waals surface area contributed by atoms with Crippen LogP contribution in [-0.4, -0.2) is 17.4 Å². The predicted molar refractivity (Wildman–Crippen MR) is 111 cm³/mol. The highest BCUT2D eigenvalue weighted by atomic mass is 16.6. The van der Waals surface area contributed by atoms with E-state index in [-0.39, 0.29) is 11.9 Å². The zero-order valence-corrected chi connectivity index (χ0v) is 15.5. The molecule has 0 bridgehead atoms. The van der Waals surface area contributed by atoms with Crippen LogP contribution in [0.3, 0.4) is 0 Å². The highest BCUT2D eigenvalue weighted by Crippen LogP contribution is 2.40. The van der Waals surface area contributed by atoms with Gasteiger partial charge >= 0.3 is 5.97 Å². The second-order valence-electron chi connectivity index (χ2n) is 6.88. The Hall–Kier alpha value is -3.46. The first-order valence-electron chi connectivity index (χ1n) is 9.32.